The van der Waals surface area contributed by atoms with Gasteiger partial charge in [-0.1, -0.05) is 6.07 Å². The molecule has 0 aromatic heterocycles. The van der Waals surface area contributed by atoms with Gasteiger partial charge in [-0.25, -0.2) is 0 Å². The van der Waals surface area contributed by atoms with E-state index in [-0.39, 0.29) is 6.10 Å². The van der Waals surface area contributed by atoms with Crippen LogP contribution in [-0.4, -0.2) is 19.3 Å². The molecule has 3 nitrogen and oxygen atoms in total. The third kappa shape index (κ3) is 1.97. The van der Waals surface area contributed by atoms with E-state index in [2.05, 4.69) is 0 Å². The molecule has 3 rings (SSSR count). The van der Waals surface area contributed by atoms with Gasteiger partial charge in [-0.05, 0) is 54.7 Å². The zero-order valence-corrected chi connectivity index (χ0v) is 10.9. The number of aliphatic hydroxyl groups is 1. The Bertz CT molecular complexity index is 433. The molecule has 3 heteroatoms. The van der Waals surface area contributed by atoms with Crippen molar-refractivity contribution in [3.63, 3.8) is 0 Å². The van der Waals surface area contributed by atoms with Crippen LogP contribution in [0.25, 0.3) is 0 Å². The molecule has 1 aromatic rings. The molecular weight excluding hydrogens is 228 g/mol. The fraction of sp³-hybridized carbons (Fsp3) is 0.600. The van der Waals surface area contributed by atoms with Crippen molar-refractivity contribution >= 4 is 0 Å². The summed E-state index contributed by atoms with van der Waals surface area (Å²) in [5.74, 6) is 3.61. The quantitative estimate of drug-likeness (QED) is 0.890. The highest BCUT2D eigenvalue weighted by atomic mass is 16.5. The minimum atomic E-state index is -0.363. The molecule has 2 fully saturated rings. The van der Waals surface area contributed by atoms with Crippen LogP contribution in [0.1, 0.15) is 30.9 Å². The fourth-order valence-corrected chi connectivity index (χ4v) is 3.33. The predicted octanol–water partition coefficient (Wildman–Crippen LogP) is 2.78. The molecule has 0 spiro atoms. The van der Waals surface area contributed by atoms with Crippen molar-refractivity contribution in [1.82, 2.24) is 0 Å². The summed E-state index contributed by atoms with van der Waals surface area (Å²) in [7, 11) is 3.25. The van der Waals surface area contributed by atoms with Crippen molar-refractivity contribution in [2.45, 2.75) is 25.4 Å². The van der Waals surface area contributed by atoms with Crippen LogP contribution in [-0.2, 0) is 0 Å². The van der Waals surface area contributed by atoms with Gasteiger partial charge in [0, 0.05) is 0 Å². The Morgan fingerprint density at radius 2 is 1.72 bits per heavy atom. The smallest absolute Gasteiger partial charge is 0.161 e. The third-order valence-electron chi connectivity index (χ3n) is 4.48. The molecule has 0 saturated heterocycles. The average Bonchev–Trinajstić information content (AvgIpc) is 3.03. The van der Waals surface area contributed by atoms with E-state index in [1.165, 1.54) is 19.3 Å². The predicted molar refractivity (Wildman–Crippen MR) is 68.8 cm³/mol. The van der Waals surface area contributed by atoms with Crippen molar-refractivity contribution in [2.24, 2.45) is 17.8 Å². The van der Waals surface area contributed by atoms with E-state index in [9.17, 15) is 5.11 Å². The summed E-state index contributed by atoms with van der Waals surface area (Å²) < 4.78 is 10.5. The Morgan fingerprint density at radius 3 is 2.33 bits per heavy atom. The maximum absolute atomic E-state index is 10.4. The number of hydrogen-bond acceptors (Lipinski definition) is 3. The summed E-state index contributed by atoms with van der Waals surface area (Å²) in [6, 6.07) is 5.70. The van der Waals surface area contributed by atoms with E-state index < -0.39 is 0 Å². The standard InChI is InChI=1S/C15H20O3/c1-17-13-4-3-9(8-14(13)18-2)15(16)12-6-10-5-11(10)7-12/h3-4,8,10-12,15-16H,5-7H2,1-2H3. The first-order chi connectivity index (χ1) is 8.72. The van der Waals surface area contributed by atoms with Crippen LogP contribution < -0.4 is 9.47 Å². The molecule has 0 radical (unpaired) electrons. The molecule has 18 heavy (non-hydrogen) atoms. The number of hydrogen-bond donors (Lipinski definition) is 1. The highest BCUT2D eigenvalue weighted by molar-refractivity contribution is 5.43. The Hall–Kier alpha value is -1.22. The lowest BCUT2D eigenvalue weighted by molar-refractivity contribution is 0.104. The maximum Gasteiger partial charge on any atom is 0.161 e. The van der Waals surface area contributed by atoms with Gasteiger partial charge in [0.25, 0.3) is 0 Å². The van der Waals surface area contributed by atoms with Crippen molar-refractivity contribution in [2.75, 3.05) is 14.2 Å². The first kappa shape index (κ1) is 11.8. The summed E-state index contributed by atoms with van der Waals surface area (Å²) in [5.41, 5.74) is 0.943. The van der Waals surface area contributed by atoms with Crippen LogP contribution in [0, 0.1) is 17.8 Å². The van der Waals surface area contributed by atoms with Gasteiger partial charge in [0.15, 0.2) is 11.5 Å². The summed E-state index contributed by atoms with van der Waals surface area (Å²) in [6.07, 6.45) is 3.38. The van der Waals surface area contributed by atoms with Gasteiger partial charge >= 0.3 is 0 Å². The van der Waals surface area contributed by atoms with Crippen molar-refractivity contribution in [3.05, 3.63) is 23.8 Å². The Morgan fingerprint density at radius 1 is 1.06 bits per heavy atom. The second-order valence-electron chi connectivity index (χ2n) is 5.55. The van der Waals surface area contributed by atoms with Gasteiger partial charge in [0.05, 0.1) is 20.3 Å². The third-order valence-corrected chi connectivity index (χ3v) is 4.48. The van der Waals surface area contributed by atoms with Crippen LogP contribution in [0.5, 0.6) is 11.5 Å². The van der Waals surface area contributed by atoms with Crippen LogP contribution in [0.2, 0.25) is 0 Å². The van der Waals surface area contributed by atoms with Gasteiger partial charge < -0.3 is 14.6 Å². The fourth-order valence-electron chi connectivity index (χ4n) is 3.33. The number of benzene rings is 1. The van der Waals surface area contributed by atoms with Gasteiger partial charge in [-0.3, -0.25) is 0 Å². The molecule has 0 bridgehead atoms. The Kier molecular flexibility index (Phi) is 2.94. The molecule has 98 valence electrons. The van der Waals surface area contributed by atoms with E-state index in [0.29, 0.717) is 17.4 Å². The van der Waals surface area contributed by atoms with Crippen molar-refractivity contribution < 1.29 is 14.6 Å². The maximum atomic E-state index is 10.4. The van der Waals surface area contributed by atoms with E-state index in [1.807, 2.05) is 18.2 Å². The minimum absolute atomic E-state index is 0.363. The SMILES string of the molecule is COc1ccc(C(O)C2CC3CC3C2)cc1OC. The molecule has 0 heterocycles. The van der Waals surface area contributed by atoms with Gasteiger partial charge in [0.2, 0.25) is 0 Å². The van der Waals surface area contributed by atoms with Gasteiger partial charge in [-0.15, -0.1) is 0 Å². The summed E-state index contributed by atoms with van der Waals surface area (Å²) in [4.78, 5) is 0. The normalized spacial score (nSPS) is 30.7. The monoisotopic (exact) mass is 248 g/mol. The largest absolute Gasteiger partial charge is 0.493 e. The Labute approximate surface area is 108 Å². The number of aliphatic hydroxyl groups excluding tert-OH is 1. The van der Waals surface area contributed by atoms with E-state index in [1.54, 1.807) is 14.2 Å². The number of ether oxygens (including phenoxy) is 2. The molecule has 0 amide bonds. The van der Waals surface area contributed by atoms with Crippen LogP contribution >= 0.6 is 0 Å². The van der Waals surface area contributed by atoms with Crippen LogP contribution in [0.3, 0.4) is 0 Å². The second-order valence-corrected chi connectivity index (χ2v) is 5.55. The first-order valence-electron chi connectivity index (χ1n) is 6.63. The zero-order chi connectivity index (χ0) is 12.7. The van der Waals surface area contributed by atoms with E-state index in [4.69, 9.17) is 9.47 Å². The van der Waals surface area contributed by atoms with E-state index >= 15 is 0 Å². The first-order valence-corrected chi connectivity index (χ1v) is 6.63. The highest BCUT2D eigenvalue weighted by Gasteiger charge is 2.47. The molecule has 2 saturated carbocycles. The zero-order valence-electron chi connectivity index (χ0n) is 10.9. The lowest BCUT2D eigenvalue weighted by Crippen LogP contribution is -2.11. The molecule has 0 aliphatic heterocycles. The molecule has 3 atom stereocenters. The molecule has 1 N–H and O–H groups in total. The summed E-state index contributed by atoms with van der Waals surface area (Å²) in [5, 5.41) is 10.4. The van der Waals surface area contributed by atoms with Crippen LogP contribution in [0.15, 0.2) is 18.2 Å². The van der Waals surface area contributed by atoms with Crippen molar-refractivity contribution in [3.8, 4) is 11.5 Å². The molecule has 3 unspecified atom stereocenters. The highest BCUT2D eigenvalue weighted by Crippen LogP contribution is 2.57. The number of rotatable bonds is 4. The summed E-state index contributed by atoms with van der Waals surface area (Å²) in [6.45, 7) is 0. The lowest BCUT2D eigenvalue weighted by Gasteiger charge is -2.21. The molecule has 1 aromatic carbocycles. The second kappa shape index (κ2) is 4.47. The lowest BCUT2D eigenvalue weighted by atomic mass is 9.91. The van der Waals surface area contributed by atoms with Crippen molar-refractivity contribution in [1.29, 1.82) is 0 Å². The number of fused-ring (bicyclic) bond motifs is 1. The van der Waals surface area contributed by atoms with Crippen LogP contribution in [0.4, 0.5) is 0 Å². The molecule has 2 aliphatic rings. The topological polar surface area (TPSA) is 38.7 Å². The number of methoxy groups -OCH3 is 2. The minimum Gasteiger partial charge on any atom is -0.493 e. The van der Waals surface area contributed by atoms with E-state index in [0.717, 1.165) is 17.4 Å². The van der Waals surface area contributed by atoms with Gasteiger partial charge in [-0.2, -0.15) is 0 Å². The molecule has 2 aliphatic carbocycles. The average molecular weight is 248 g/mol. The summed E-state index contributed by atoms with van der Waals surface area (Å²) >= 11 is 0. The molecular formula is C15H20O3. The Balaban J connectivity index is 1.78. The van der Waals surface area contributed by atoms with Gasteiger partial charge in [0.1, 0.15) is 0 Å².